The van der Waals surface area contributed by atoms with E-state index in [0.29, 0.717) is 6.54 Å². The van der Waals surface area contributed by atoms with Crippen LogP contribution >= 0.6 is 0 Å². The molecule has 0 radical (unpaired) electrons. The van der Waals surface area contributed by atoms with Gasteiger partial charge in [-0.05, 0) is 81.6 Å². The first-order valence-electron chi connectivity index (χ1n) is 15.2. The van der Waals surface area contributed by atoms with Crippen molar-refractivity contribution in [1.29, 1.82) is 0 Å². The Bertz CT molecular complexity index is 1620. The zero-order valence-electron chi connectivity index (χ0n) is 25.0. The van der Waals surface area contributed by atoms with Crippen LogP contribution in [0.15, 0.2) is 88.5 Å². The first-order chi connectivity index (χ1) is 21.6. The SMILES string of the molecule is C[N+]12C=CN=CC1=C(C1CCCCN1C(=O)/C=C/CN1CCCC1)N=C2c1ccc(C(=O)Nc2cc(C(F)(F)F)ccn2)cc1. The molecule has 0 bridgehead atoms. The number of anilines is 1. The number of nitrogens with one attached hydrogen (secondary N) is 1. The molecule has 0 saturated carbocycles. The number of amidine groups is 1. The van der Waals surface area contributed by atoms with E-state index in [2.05, 4.69) is 20.2 Å². The Morgan fingerprint density at radius 2 is 1.82 bits per heavy atom. The molecule has 2 unspecified atom stereocenters. The summed E-state index contributed by atoms with van der Waals surface area (Å²) in [6, 6.07) is 8.19. The van der Waals surface area contributed by atoms with Crippen molar-refractivity contribution in [3.05, 3.63) is 95.2 Å². The van der Waals surface area contributed by atoms with Crippen LogP contribution in [-0.4, -0.2) is 82.4 Å². The number of benzene rings is 1. The molecule has 2 aromatic rings. The van der Waals surface area contributed by atoms with Crippen LogP contribution in [-0.2, 0) is 11.0 Å². The van der Waals surface area contributed by atoms with Crippen molar-refractivity contribution >= 4 is 29.7 Å². The summed E-state index contributed by atoms with van der Waals surface area (Å²) in [5, 5.41) is 2.44. The van der Waals surface area contributed by atoms with Crippen molar-refractivity contribution in [2.75, 3.05) is 38.5 Å². The molecule has 1 N–H and O–H groups in total. The maximum Gasteiger partial charge on any atom is 0.416 e. The summed E-state index contributed by atoms with van der Waals surface area (Å²) >= 11 is 0. The number of aromatic nitrogens is 1. The molecule has 1 aromatic carbocycles. The Morgan fingerprint density at radius 3 is 2.58 bits per heavy atom. The van der Waals surface area contributed by atoms with Crippen LogP contribution < -0.4 is 5.32 Å². The van der Waals surface area contributed by atoms with E-state index in [1.54, 1.807) is 42.8 Å². The van der Waals surface area contributed by atoms with Gasteiger partial charge >= 0.3 is 6.18 Å². The highest BCUT2D eigenvalue weighted by Gasteiger charge is 2.46. The minimum Gasteiger partial charge on any atom is -0.330 e. The molecule has 4 aliphatic rings. The van der Waals surface area contributed by atoms with Gasteiger partial charge in [-0.1, -0.05) is 6.08 Å². The Hall–Kier alpha value is -4.42. The van der Waals surface area contributed by atoms with E-state index in [4.69, 9.17) is 4.99 Å². The number of allylic oxidation sites excluding steroid dienone is 1. The van der Waals surface area contributed by atoms with Crippen molar-refractivity contribution in [1.82, 2.24) is 14.8 Å². The Morgan fingerprint density at radius 1 is 1.07 bits per heavy atom. The van der Waals surface area contributed by atoms with Gasteiger partial charge in [0.15, 0.2) is 5.70 Å². The number of carbonyl (C=O) groups is 2. The predicted molar refractivity (Wildman–Crippen MR) is 165 cm³/mol. The molecule has 2 fully saturated rings. The number of pyridine rings is 1. The molecular formula is C33H35F3N7O2+. The van der Waals surface area contributed by atoms with Crippen LogP contribution in [0.2, 0.25) is 0 Å². The van der Waals surface area contributed by atoms with Gasteiger partial charge in [-0.2, -0.15) is 18.2 Å². The van der Waals surface area contributed by atoms with E-state index in [1.165, 1.54) is 12.8 Å². The normalized spacial score (nSPS) is 23.5. The number of hydrogen-bond acceptors (Lipinski definition) is 6. The summed E-state index contributed by atoms with van der Waals surface area (Å²) in [5.74, 6) is -0.0677. The van der Waals surface area contributed by atoms with Crippen molar-refractivity contribution in [2.24, 2.45) is 9.98 Å². The molecule has 0 spiro atoms. The van der Waals surface area contributed by atoms with E-state index in [-0.39, 0.29) is 27.8 Å². The minimum absolute atomic E-state index is 0.0150. The number of halogens is 3. The van der Waals surface area contributed by atoms with Crippen molar-refractivity contribution in [3.8, 4) is 0 Å². The van der Waals surface area contributed by atoms with E-state index in [1.807, 2.05) is 24.2 Å². The number of piperidine rings is 1. The van der Waals surface area contributed by atoms with Crippen LogP contribution in [0.3, 0.4) is 0 Å². The van der Waals surface area contributed by atoms with E-state index in [9.17, 15) is 22.8 Å². The van der Waals surface area contributed by atoms with Crippen LogP contribution in [0.4, 0.5) is 19.0 Å². The Balaban J connectivity index is 1.22. The van der Waals surface area contributed by atoms with Gasteiger partial charge in [0.05, 0.1) is 36.6 Å². The molecule has 9 nitrogen and oxygen atoms in total. The lowest BCUT2D eigenvalue weighted by Crippen LogP contribution is -2.46. The fourth-order valence-electron chi connectivity index (χ4n) is 6.31. The van der Waals surface area contributed by atoms with Gasteiger partial charge in [-0.15, -0.1) is 0 Å². The fraction of sp³-hybridized carbons (Fsp3) is 0.364. The summed E-state index contributed by atoms with van der Waals surface area (Å²) < 4.78 is 39.5. The van der Waals surface area contributed by atoms with Crippen LogP contribution in [0.1, 0.15) is 53.6 Å². The second kappa shape index (κ2) is 12.5. The Labute approximate surface area is 259 Å². The predicted octanol–water partition coefficient (Wildman–Crippen LogP) is 5.36. The lowest BCUT2D eigenvalue weighted by Gasteiger charge is -2.35. The second-order valence-electron chi connectivity index (χ2n) is 11.8. The van der Waals surface area contributed by atoms with Crippen molar-refractivity contribution in [3.63, 3.8) is 0 Å². The van der Waals surface area contributed by atoms with Crippen LogP contribution in [0.25, 0.3) is 0 Å². The standard InChI is InChI=1S/C33H34F3N7O2/c1-43-20-15-37-22-27(43)30(26-7-2-3-19-42(26)29(44)8-6-18-41-16-4-5-17-41)40-31(43)23-9-11-24(12-10-23)32(45)39-28-21-25(13-14-38-28)33(34,35)36/h6,8-15,20-22,26H,2-5,7,16-19H2,1H3/p+1/b8-6+. The summed E-state index contributed by atoms with van der Waals surface area (Å²) in [4.78, 5) is 43.9. The third-order valence-electron chi connectivity index (χ3n) is 8.74. The number of carbonyl (C=O) groups excluding carboxylic acids is 2. The molecule has 0 aliphatic carbocycles. The number of likely N-dealkylation sites (tertiary alicyclic amines) is 2. The lowest BCUT2D eigenvalue weighted by molar-refractivity contribution is -0.713. The quantitative estimate of drug-likeness (QED) is 0.334. The first kappa shape index (κ1) is 30.6. The monoisotopic (exact) mass is 618 g/mol. The highest BCUT2D eigenvalue weighted by atomic mass is 19.4. The number of quaternary nitrogens is 1. The summed E-state index contributed by atoms with van der Waals surface area (Å²) in [5.41, 5.74) is 1.81. The third-order valence-corrected chi connectivity index (χ3v) is 8.74. The molecule has 2 atom stereocenters. The number of rotatable bonds is 7. The largest absolute Gasteiger partial charge is 0.416 e. The number of amides is 2. The maximum atomic E-state index is 13.4. The van der Waals surface area contributed by atoms with Gasteiger partial charge in [0, 0.05) is 30.9 Å². The highest BCUT2D eigenvalue weighted by molar-refractivity contribution is 6.05. The van der Waals surface area contributed by atoms with Gasteiger partial charge < -0.3 is 10.2 Å². The van der Waals surface area contributed by atoms with Crippen LogP contribution in [0, 0.1) is 0 Å². The van der Waals surface area contributed by atoms with E-state index < -0.39 is 17.6 Å². The summed E-state index contributed by atoms with van der Waals surface area (Å²) in [6.07, 6.45) is 10.7. The highest BCUT2D eigenvalue weighted by Crippen LogP contribution is 2.38. The molecule has 2 saturated heterocycles. The zero-order chi connectivity index (χ0) is 31.6. The minimum atomic E-state index is -4.55. The van der Waals surface area contributed by atoms with Gasteiger partial charge in [-0.25, -0.2) is 9.47 Å². The molecule has 6 rings (SSSR count). The molecule has 4 aliphatic heterocycles. The molecular weight excluding hydrogens is 583 g/mol. The number of fused-ring (bicyclic) bond motifs is 1. The third kappa shape index (κ3) is 6.38. The summed E-state index contributed by atoms with van der Waals surface area (Å²) in [6.45, 7) is 3.57. The van der Waals surface area contributed by atoms with Crippen molar-refractivity contribution < 1.29 is 27.2 Å². The van der Waals surface area contributed by atoms with Gasteiger partial charge in [0.2, 0.25) is 11.7 Å². The van der Waals surface area contributed by atoms with Gasteiger partial charge in [-0.3, -0.25) is 19.5 Å². The van der Waals surface area contributed by atoms with Gasteiger partial charge in [0.1, 0.15) is 17.7 Å². The van der Waals surface area contributed by atoms with Crippen molar-refractivity contribution in [2.45, 2.75) is 44.3 Å². The topological polar surface area (TPSA) is 90.3 Å². The van der Waals surface area contributed by atoms with Gasteiger partial charge in [0.25, 0.3) is 5.91 Å². The number of hydrogen-bond donors (Lipinski definition) is 1. The smallest absolute Gasteiger partial charge is 0.330 e. The first-order valence-corrected chi connectivity index (χ1v) is 15.2. The average molecular weight is 619 g/mol. The molecule has 234 valence electrons. The zero-order valence-corrected chi connectivity index (χ0v) is 25.0. The van der Waals surface area contributed by atoms with Crippen LogP contribution in [0.5, 0.6) is 0 Å². The van der Waals surface area contributed by atoms with E-state index >= 15 is 0 Å². The second-order valence-corrected chi connectivity index (χ2v) is 11.8. The maximum absolute atomic E-state index is 13.4. The lowest BCUT2D eigenvalue weighted by atomic mass is 9.97. The number of alkyl halides is 3. The number of aliphatic imine (C=N–C) groups is 2. The molecule has 2 amide bonds. The Kier molecular flexibility index (Phi) is 8.52. The molecule has 5 heterocycles. The molecule has 1 aromatic heterocycles. The average Bonchev–Trinajstić information content (AvgIpc) is 3.66. The molecule has 12 heteroatoms. The number of nitrogens with zero attached hydrogens (tertiary/aromatic N) is 6. The summed E-state index contributed by atoms with van der Waals surface area (Å²) in [7, 11) is 2.01. The molecule has 45 heavy (non-hydrogen) atoms. The fourth-order valence-corrected chi connectivity index (χ4v) is 6.31. The van der Waals surface area contributed by atoms with E-state index in [0.717, 1.165) is 80.0 Å².